The van der Waals surface area contributed by atoms with Crippen LogP contribution >= 0.6 is 11.3 Å². The molecule has 0 saturated carbocycles. The Balaban J connectivity index is 1.42. The van der Waals surface area contributed by atoms with Gasteiger partial charge in [-0.25, -0.2) is 9.37 Å². The average molecular weight is 401 g/mol. The fourth-order valence-corrected chi connectivity index (χ4v) is 3.87. The predicted molar refractivity (Wildman–Crippen MR) is 103 cm³/mol. The van der Waals surface area contributed by atoms with Crippen LogP contribution in [0.5, 0.6) is 0 Å². The lowest BCUT2D eigenvalue weighted by atomic mass is 9.96. The van der Waals surface area contributed by atoms with Gasteiger partial charge in [0.2, 0.25) is 17.6 Å². The molecule has 1 aliphatic rings. The molecule has 0 spiro atoms. The Kier molecular flexibility index (Phi) is 5.45. The zero-order valence-electron chi connectivity index (χ0n) is 15.3. The van der Waals surface area contributed by atoms with Crippen molar-refractivity contribution < 1.29 is 13.7 Å². The minimum absolute atomic E-state index is 0.0607. The number of nitrogens with zero attached hydrogens (tertiary/aromatic N) is 4. The van der Waals surface area contributed by atoms with Gasteiger partial charge in [-0.2, -0.15) is 4.98 Å². The van der Waals surface area contributed by atoms with E-state index in [1.165, 1.54) is 23.5 Å². The Morgan fingerprint density at radius 2 is 2.21 bits per heavy atom. The van der Waals surface area contributed by atoms with E-state index in [9.17, 15) is 9.18 Å². The number of likely N-dealkylation sites (tertiary alicyclic amines) is 1. The van der Waals surface area contributed by atoms with Gasteiger partial charge in [-0.05, 0) is 50.6 Å². The Morgan fingerprint density at radius 3 is 2.96 bits per heavy atom. The molecule has 1 N–H and O–H groups in total. The first-order valence-electron chi connectivity index (χ1n) is 9.14. The summed E-state index contributed by atoms with van der Waals surface area (Å²) < 4.78 is 18.6. The Labute approximate surface area is 165 Å². The number of hydrogen-bond acceptors (Lipinski definition) is 7. The highest BCUT2D eigenvalue weighted by Gasteiger charge is 2.31. The second-order valence-electron chi connectivity index (χ2n) is 6.80. The molecule has 1 fully saturated rings. The number of nitrogens with one attached hydrogen (secondary N) is 1. The summed E-state index contributed by atoms with van der Waals surface area (Å²) in [7, 11) is 0. The third-order valence-corrected chi connectivity index (χ3v) is 5.62. The lowest BCUT2D eigenvalue weighted by Crippen LogP contribution is -2.46. The van der Waals surface area contributed by atoms with Crippen LogP contribution in [0.3, 0.4) is 0 Å². The van der Waals surface area contributed by atoms with Gasteiger partial charge in [0, 0.05) is 23.7 Å². The molecule has 3 aromatic rings. The van der Waals surface area contributed by atoms with E-state index in [-0.39, 0.29) is 23.7 Å². The molecule has 1 saturated heterocycles. The predicted octanol–water partition coefficient (Wildman–Crippen LogP) is 3.54. The number of halogens is 1. The van der Waals surface area contributed by atoms with Crippen molar-refractivity contribution in [3.63, 3.8) is 0 Å². The first kappa shape index (κ1) is 18.7. The van der Waals surface area contributed by atoms with Gasteiger partial charge < -0.3 is 9.84 Å². The molecule has 0 aliphatic carbocycles. The maximum atomic E-state index is 13.1. The van der Waals surface area contributed by atoms with Crippen molar-refractivity contribution in [2.45, 2.75) is 31.7 Å². The molecule has 0 radical (unpaired) electrons. The van der Waals surface area contributed by atoms with Crippen molar-refractivity contribution in [2.24, 2.45) is 0 Å². The standard InChI is InChI=1S/C19H20FN5O2S/c1-12(17(26)23-19-21-8-10-28-19)25-9-2-3-14(11-25)18-22-16(24-27-18)13-4-6-15(20)7-5-13/h4-8,10,12,14H,2-3,9,11H2,1H3,(H,21,23,26). The number of hydrogen-bond donors (Lipinski definition) is 1. The van der Waals surface area contributed by atoms with Crippen molar-refractivity contribution in [2.75, 3.05) is 18.4 Å². The van der Waals surface area contributed by atoms with E-state index in [0.29, 0.717) is 29.0 Å². The van der Waals surface area contributed by atoms with E-state index in [0.717, 1.165) is 19.4 Å². The number of carbonyl (C=O) groups is 1. The van der Waals surface area contributed by atoms with E-state index >= 15 is 0 Å². The molecule has 3 heterocycles. The summed E-state index contributed by atoms with van der Waals surface area (Å²) in [5, 5.41) is 9.31. The Hall–Kier alpha value is -2.65. The first-order valence-corrected chi connectivity index (χ1v) is 10.0. The van der Waals surface area contributed by atoms with Gasteiger partial charge in [-0.3, -0.25) is 9.69 Å². The van der Waals surface area contributed by atoms with E-state index in [2.05, 4.69) is 25.3 Å². The highest BCUT2D eigenvalue weighted by molar-refractivity contribution is 7.13. The molecular weight excluding hydrogens is 381 g/mol. The third kappa shape index (κ3) is 4.10. The van der Waals surface area contributed by atoms with Crippen LogP contribution < -0.4 is 5.32 Å². The fraction of sp³-hybridized carbons (Fsp3) is 0.368. The Morgan fingerprint density at radius 1 is 1.39 bits per heavy atom. The van der Waals surface area contributed by atoms with Crippen LogP contribution in [0.2, 0.25) is 0 Å². The molecule has 0 bridgehead atoms. The van der Waals surface area contributed by atoms with E-state index in [4.69, 9.17) is 4.52 Å². The number of rotatable bonds is 5. The molecule has 146 valence electrons. The molecule has 9 heteroatoms. The number of aromatic nitrogens is 3. The lowest BCUT2D eigenvalue weighted by molar-refractivity contribution is -0.121. The van der Waals surface area contributed by atoms with Crippen molar-refractivity contribution in [3.05, 3.63) is 47.6 Å². The highest BCUT2D eigenvalue weighted by atomic mass is 32.1. The van der Waals surface area contributed by atoms with Crippen molar-refractivity contribution in [1.29, 1.82) is 0 Å². The van der Waals surface area contributed by atoms with Crippen LogP contribution in [0.15, 0.2) is 40.4 Å². The fourth-order valence-electron chi connectivity index (χ4n) is 3.34. The van der Waals surface area contributed by atoms with Crippen LogP contribution in [0.25, 0.3) is 11.4 Å². The third-order valence-electron chi connectivity index (χ3n) is 4.94. The quantitative estimate of drug-likeness (QED) is 0.704. The van der Waals surface area contributed by atoms with Gasteiger partial charge in [0.15, 0.2) is 5.13 Å². The average Bonchev–Trinajstić information content (AvgIpc) is 3.40. The van der Waals surface area contributed by atoms with Gasteiger partial charge in [-0.1, -0.05) is 5.16 Å². The normalized spacial score (nSPS) is 18.7. The zero-order valence-corrected chi connectivity index (χ0v) is 16.2. The van der Waals surface area contributed by atoms with Crippen LogP contribution in [-0.4, -0.2) is 45.1 Å². The molecule has 2 unspecified atom stereocenters. The van der Waals surface area contributed by atoms with Crippen LogP contribution in [0, 0.1) is 5.82 Å². The topological polar surface area (TPSA) is 84.2 Å². The molecule has 1 aliphatic heterocycles. The first-order chi connectivity index (χ1) is 13.6. The molecule has 1 aromatic carbocycles. The molecule has 2 atom stereocenters. The lowest BCUT2D eigenvalue weighted by Gasteiger charge is -2.34. The number of carbonyl (C=O) groups excluding carboxylic acids is 1. The maximum Gasteiger partial charge on any atom is 0.243 e. The summed E-state index contributed by atoms with van der Waals surface area (Å²) in [5.41, 5.74) is 0.709. The van der Waals surface area contributed by atoms with E-state index < -0.39 is 0 Å². The maximum absolute atomic E-state index is 13.1. The number of amides is 1. The largest absolute Gasteiger partial charge is 0.339 e. The van der Waals surface area contributed by atoms with Gasteiger partial charge in [0.1, 0.15) is 5.82 Å². The van der Waals surface area contributed by atoms with Crippen LogP contribution in [0.1, 0.15) is 31.6 Å². The monoisotopic (exact) mass is 401 g/mol. The number of piperidine rings is 1. The summed E-state index contributed by atoms with van der Waals surface area (Å²) in [5.74, 6) is 0.678. The van der Waals surface area contributed by atoms with Gasteiger partial charge in [-0.15, -0.1) is 11.3 Å². The molecular formula is C19H20FN5O2S. The summed E-state index contributed by atoms with van der Waals surface area (Å²) in [6.45, 7) is 3.39. The minimum Gasteiger partial charge on any atom is -0.339 e. The second kappa shape index (κ2) is 8.15. The summed E-state index contributed by atoms with van der Waals surface area (Å²) in [4.78, 5) is 23.2. The molecule has 2 aromatic heterocycles. The van der Waals surface area contributed by atoms with Crippen LogP contribution in [-0.2, 0) is 4.79 Å². The van der Waals surface area contributed by atoms with E-state index in [1.807, 2.05) is 12.3 Å². The molecule has 1 amide bonds. The summed E-state index contributed by atoms with van der Waals surface area (Å²) >= 11 is 1.40. The zero-order chi connectivity index (χ0) is 19.5. The molecule has 4 rings (SSSR count). The number of thiazole rings is 1. The minimum atomic E-state index is -0.305. The second-order valence-corrected chi connectivity index (χ2v) is 7.69. The smallest absolute Gasteiger partial charge is 0.243 e. The summed E-state index contributed by atoms with van der Waals surface area (Å²) in [6.07, 6.45) is 3.52. The number of anilines is 1. The van der Waals surface area contributed by atoms with E-state index in [1.54, 1.807) is 18.3 Å². The van der Waals surface area contributed by atoms with Crippen molar-refractivity contribution in [1.82, 2.24) is 20.0 Å². The molecule has 28 heavy (non-hydrogen) atoms. The van der Waals surface area contributed by atoms with Crippen molar-refractivity contribution >= 4 is 22.4 Å². The SMILES string of the molecule is CC(C(=O)Nc1nccs1)N1CCCC(c2nc(-c3ccc(F)cc3)no2)C1. The van der Waals surface area contributed by atoms with Gasteiger partial charge in [0.05, 0.1) is 12.0 Å². The molecule has 7 nitrogen and oxygen atoms in total. The van der Waals surface area contributed by atoms with Gasteiger partial charge >= 0.3 is 0 Å². The van der Waals surface area contributed by atoms with Gasteiger partial charge in [0.25, 0.3) is 0 Å². The summed E-state index contributed by atoms with van der Waals surface area (Å²) in [6, 6.07) is 5.71. The van der Waals surface area contributed by atoms with Crippen molar-refractivity contribution in [3.8, 4) is 11.4 Å². The van der Waals surface area contributed by atoms with Crippen LogP contribution in [0.4, 0.5) is 9.52 Å². The number of benzene rings is 1. The highest BCUT2D eigenvalue weighted by Crippen LogP contribution is 2.29. The Bertz CT molecular complexity index is 928.